The van der Waals surface area contributed by atoms with Crippen LogP contribution in [-0.4, -0.2) is 34.6 Å². The standard InChI is InChI=1S/C33H40N2O2S/c1-26-13-11-12-18-29(26)24-35(32(36)21-22-38-25-28-16-7-3-8-17-28)31(23-27-14-5-2-6-15-27)33(37)34-30-19-9-4-10-20-30/h2-3,5-8,11-18,30-31H,4,9-10,19-25H2,1H3,(H,34,37). The Labute approximate surface area is 232 Å². The summed E-state index contributed by atoms with van der Waals surface area (Å²) in [6.07, 6.45) is 6.49. The van der Waals surface area contributed by atoms with Gasteiger partial charge in [0.05, 0.1) is 0 Å². The quantitative estimate of drug-likeness (QED) is 0.266. The second kappa shape index (κ2) is 14.8. The van der Waals surface area contributed by atoms with Crippen molar-refractivity contribution in [3.63, 3.8) is 0 Å². The van der Waals surface area contributed by atoms with Gasteiger partial charge >= 0.3 is 0 Å². The van der Waals surface area contributed by atoms with Gasteiger partial charge in [0, 0.05) is 36.9 Å². The fraction of sp³-hybridized carbons (Fsp3) is 0.394. The van der Waals surface area contributed by atoms with Gasteiger partial charge in [0.1, 0.15) is 6.04 Å². The Hall–Kier alpha value is -3.05. The minimum absolute atomic E-state index is 0.0281. The summed E-state index contributed by atoms with van der Waals surface area (Å²) < 4.78 is 0. The third-order valence-electron chi connectivity index (χ3n) is 7.40. The SMILES string of the molecule is Cc1ccccc1CN(C(=O)CCSCc1ccccc1)C(Cc1ccccc1)C(=O)NC1CCCCC1. The van der Waals surface area contributed by atoms with E-state index in [0.717, 1.165) is 53.9 Å². The Morgan fingerprint density at radius 2 is 1.50 bits per heavy atom. The van der Waals surface area contributed by atoms with E-state index in [1.165, 1.54) is 12.0 Å². The molecule has 0 bridgehead atoms. The normalized spacial score (nSPS) is 14.6. The van der Waals surface area contributed by atoms with Crippen LogP contribution in [-0.2, 0) is 28.3 Å². The van der Waals surface area contributed by atoms with Crippen molar-refractivity contribution in [3.8, 4) is 0 Å². The van der Waals surface area contributed by atoms with Gasteiger partial charge in [-0.05, 0) is 42.0 Å². The average Bonchev–Trinajstić information content (AvgIpc) is 2.95. The Morgan fingerprint density at radius 1 is 0.868 bits per heavy atom. The van der Waals surface area contributed by atoms with Crippen molar-refractivity contribution in [1.29, 1.82) is 0 Å². The van der Waals surface area contributed by atoms with Crippen LogP contribution in [0.4, 0.5) is 0 Å². The lowest BCUT2D eigenvalue weighted by molar-refractivity contribution is -0.141. The second-order valence-electron chi connectivity index (χ2n) is 10.3. The van der Waals surface area contributed by atoms with Crippen LogP contribution in [0.1, 0.15) is 60.8 Å². The van der Waals surface area contributed by atoms with E-state index in [2.05, 4.69) is 36.5 Å². The first-order valence-corrected chi connectivity index (χ1v) is 15.1. The van der Waals surface area contributed by atoms with Crippen molar-refractivity contribution in [2.24, 2.45) is 0 Å². The zero-order valence-electron chi connectivity index (χ0n) is 22.5. The van der Waals surface area contributed by atoms with Crippen molar-refractivity contribution in [2.75, 3.05) is 5.75 Å². The van der Waals surface area contributed by atoms with Crippen molar-refractivity contribution >= 4 is 23.6 Å². The van der Waals surface area contributed by atoms with Gasteiger partial charge in [0.2, 0.25) is 11.8 Å². The third-order valence-corrected chi connectivity index (χ3v) is 8.43. The molecule has 1 atom stereocenters. The van der Waals surface area contributed by atoms with Crippen LogP contribution in [0.3, 0.4) is 0 Å². The average molecular weight is 529 g/mol. The van der Waals surface area contributed by atoms with Crippen LogP contribution in [0.5, 0.6) is 0 Å². The summed E-state index contributed by atoms with van der Waals surface area (Å²) in [6, 6.07) is 28.2. The molecule has 1 unspecified atom stereocenters. The summed E-state index contributed by atoms with van der Waals surface area (Å²) in [5.41, 5.74) is 4.55. The summed E-state index contributed by atoms with van der Waals surface area (Å²) >= 11 is 1.77. The molecule has 4 rings (SSSR count). The van der Waals surface area contributed by atoms with Gasteiger partial charge in [-0.25, -0.2) is 0 Å². The first kappa shape index (κ1) is 28.0. The number of benzene rings is 3. The predicted molar refractivity (Wildman–Crippen MR) is 158 cm³/mol. The number of carbonyl (C=O) groups excluding carboxylic acids is 2. The van der Waals surface area contributed by atoms with Crippen molar-refractivity contribution < 1.29 is 9.59 Å². The number of carbonyl (C=O) groups is 2. The number of nitrogens with one attached hydrogen (secondary N) is 1. The molecule has 0 radical (unpaired) electrons. The van der Waals surface area contributed by atoms with Gasteiger partial charge in [0.25, 0.3) is 0 Å². The second-order valence-corrected chi connectivity index (χ2v) is 11.4. The molecule has 1 fully saturated rings. The van der Waals surface area contributed by atoms with Gasteiger partial charge in [-0.15, -0.1) is 0 Å². The van der Waals surface area contributed by atoms with Gasteiger partial charge in [-0.2, -0.15) is 11.8 Å². The Balaban J connectivity index is 1.53. The molecular formula is C33H40N2O2S. The highest BCUT2D eigenvalue weighted by molar-refractivity contribution is 7.98. The molecule has 1 aliphatic carbocycles. The van der Waals surface area contributed by atoms with Crippen LogP contribution < -0.4 is 5.32 Å². The van der Waals surface area contributed by atoms with Gasteiger partial charge in [0.15, 0.2) is 0 Å². The maximum atomic E-state index is 13.8. The fourth-order valence-corrected chi connectivity index (χ4v) is 6.03. The Morgan fingerprint density at radius 3 is 2.18 bits per heavy atom. The lowest BCUT2D eigenvalue weighted by atomic mass is 9.94. The number of hydrogen-bond acceptors (Lipinski definition) is 3. The largest absolute Gasteiger partial charge is 0.352 e. The fourth-order valence-electron chi connectivity index (χ4n) is 5.14. The molecule has 5 heteroatoms. The maximum absolute atomic E-state index is 13.8. The van der Waals surface area contributed by atoms with Crippen LogP contribution in [0.2, 0.25) is 0 Å². The van der Waals surface area contributed by atoms with E-state index < -0.39 is 6.04 Å². The highest BCUT2D eigenvalue weighted by Gasteiger charge is 2.31. The van der Waals surface area contributed by atoms with E-state index in [-0.39, 0.29) is 17.9 Å². The molecule has 4 nitrogen and oxygen atoms in total. The van der Waals surface area contributed by atoms with Crippen LogP contribution in [0.25, 0.3) is 0 Å². The van der Waals surface area contributed by atoms with E-state index in [1.54, 1.807) is 11.8 Å². The molecule has 38 heavy (non-hydrogen) atoms. The van der Waals surface area contributed by atoms with E-state index in [9.17, 15) is 9.59 Å². The molecule has 200 valence electrons. The molecule has 0 heterocycles. The third kappa shape index (κ3) is 8.49. The highest BCUT2D eigenvalue weighted by Crippen LogP contribution is 2.22. The first-order chi connectivity index (χ1) is 18.6. The molecule has 1 N–H and O–H groups in total. The van der Waals surface area contributed by atoms with Crippen molar-refractivity contribution in [3.05, 3.63) is 107 Å². The van der Waals surface area contributed by atoms with Gasteiger partial charge < -0.3 is 10.2 Å². The first-order valence-electron chi connectivity index (χ1n) is 13.9. The van der Waals surface area contributed by atoms with E-state index in [0.29, 0.717) is 19.4 Å². The number of rotatable bonds is 12. The Kier molecular flexibility index (Phi) is 10.9. The van der Waals surface area contributed by atoms with Crippen molar-refractivity contribution in [2.45, 2.75) is 76.3 Å². The maximum Gasteiger partial charge on any atom is 0.243 e. The molecule has 3 aromatic carbocycles. The van der Waals surface area contributed by atoms with Gasteiger partial charge in [-0.1, -0.05) is 104 Å². The molecule has 0 spiro atoms. The zero-order chi connectivity index (χ0) is 26.6. The monoisotopic (exact) mass is 528 g/mol. The Bertz CT molecular complexity index is 1150. The number of thioether (sulfide) groups is 1. The summed E-state index contributed by atoms with van der Waals surface area (Å²) in [4.78, 5) is 29.5. The summed E-state index contributed by atoms with van der Waals surface area (Å²) in [6.45, 7) is 2.51. The number of aryl methyl sites for hydroxylation is 1. The minimum atomic E-state index is -0.550. The molecule has 0 aliphatic heterocycles. The smallest absolute Gasteiger partial charge is 0.243 e. The van der Waals surface area contributed by atoms with E-state index >= 15 is 0 Å². The molecule has 1 saturated carbocycles. The van der Waals surface area contributed by atoms with Crippen LogP contribution in [0.15, 0.2) is 84.9 Å². The van der Waals surface area contributed by atoms with E-state index in [4.69, 9.17) is 0 Å². The molecule has 0 aromatic heterocycles. The summed E-state index contributed by atoms with van der Waals surface area (Å²) in [5, 5.41) is 3.33. The minimum Gasteiger partial charge on any atom is -0.352 e. The number of hydrogen-bond donors (Lipinski definition) is 1. The van der Waals surface area contributed by atoms with Crippen LogP contribution >= 0.6 is 11.8 Å². The summed E-state index contributed by atoms with van der Waals surface area (Å²) in [7, 11) is 0. The molecule has 1 aliphatic rings. The zero-order valence-corrected chi connectivity index (χ0v) is 23.3. The molecule has 0 saturated heterocycles. The summed E-state index contributed by atoms with van der Waals surface area (Å²) in [5.74, 6) is 1.61. The number of amides is 2. The number of nitrogens with zero attached hydrogens (tertiary/aromatic N) is 1. The van der Waals surface area contributed by atoms with Crippen LogP contribution in [0, 0.1) is 6.92 Å². The molecule has 3 aromatic rings. The lowest BCUT2D eigenvalue weighted by Gasteiger charge is -2.34. The molecule has 2 amide bonds. The predicted octanol–water partition coefficient (Wildman–Crippen LogP) is 6.71. The van der Waals surface area contributed by atoms with E-state index in [1.807, 2.05) is 65.6 Å². The molecular weight excluding hydrogens is 488 g/mol. The lowest BCUT2D eigenvalue weighted by Crippen LogP contribution is -2.53. The van der Waals surface area contributed by atoms with Gasteiger partial charge in [-0.3, -0.25) is 9.59 Å². The topological polar surface area (TPSA) is 49.4 Å². The highest BCUT2D eigenvalue weighted by atomic mass is 32.2. The van der Waals surface area contributed by atoms with Crippen molar-refractivity contribution in [1.82, 2.24) is 10.2 Å².